The number of carbonyl (C=O) groups is 1. The largest absolute Gasteiger partial charge is 0.478 e. The average Bonchev–Trinajstić information content (AvgIpc) is 3.45. The molecule has 1 saturated heterocycles. The molecule has 0 saturated carbocycles. The topological polar surface area (TPSA) is 78.6 Å². The lowest BCUT2D eigenvalue weighted by atomic mass is 10.0. The maximum atomic E-state index is 13.6. The number of nitrogens with one attached hydrogen (secondary N) is 1. The number of thiocarbonyl (C=S) groups is 1. The van der Waals surface area contributed by atoms with Gasteiger partial charge in [-0.05, 0) is 66.8 Å². The quantitative estimate of drug-likeness (QED) is 0.389. The van der Waals surface area contributed by atoms with Gasteiger partial charge in [0, 0.05) is 17.4 Å². The molecule has 164 valence electrons. The Labute approximate surface area is 194 Å². The van der Waals surface area contributed by atoms with Crippen LogP contribution in [-0.2, 0) is 0 Å². The summed E-state index contributed by atoms with van der Waals surface area (Å²) >= 11 is 5.64. The fourth-order valence-electron chi connectivity index (χ4n) is 4.06. The van der Waals surface area contributed by atoms with Crippen molar-refractivity contribution in [1.29, 1.82) is 0 Å². The molecule has 4 aromatic rings. The second-order valence-electron chi connectivity index (χ2n) is 7.53. The molecule has 0 bridgehead atoms. The lowest BCUT2D eigenvalue weighted by molar-refractivity contribution is 0.0697. The molecule has 2 aromatic carbocycles. The van der Waals surface area contributed by atoms with E-state index >= 15 is 0 Å². The fourth-order valence-corrected chi connectivity index (χ4v) is 4.41. The maximum absolute atomic E-state index is 13.6. The van der Waals surface area contributed by atoms with Crippen LogP contribution in [0.15, 0.2) is 89.5 Å². The molecule has 2 atom stereocenters. The van der Waals surface area contributed by atoms with Crippen LogP contribution in [-0.4, -0.2) is 21.2 Å². The summed E-state index contributed by atoms with van der Waals surface area (Å²) < 4.78 is 19.8. The minimum atomic E-state index is -1.04. The molecule has 2 N–H and O–H groups in total. The number of anilines is 1. The van der Waals surface area contributed by atoms with Crippen LogP contribution in [0.1, 0.15) is 33.9 Å². The van der Waals surface area contributed by atoms with Crippen molar-refractivity contribution >= 4 is 29.0 Å². The van der Waals surface area contributed by atoms with Gasteiger partial charge in [-0.3, -0.25) is 4.98 Å². The Kier molecular flexibility index (Phi) is 5.35. The lowest BCUT2D eigenvalue weighted by Crippen LogP contribution is -2.29. The molecular formula is C25H18FN3O3S. The third-order valence-electron chi connectivity index (χ3n) is 5.54. The number of furan rings is 1. The SMILES string of the molecule is O=C(O)c1ccccc1-c1ccc([C@@H]2[C@@H](c3ccccn3)NC(=S)N2c2ccc(F)cc2)o1. The van der Waals surface area contributed by atoms with E-state index in [2.05, 4.69) is 10.3 Å². The molecule has 0 spiro atoms. The van der Waals surface area contributed by atoms with Gasteiger partial charge < -0.3 is 19.7 Å². The van der Waals surface area contributed by atoms with Gasteiger partial charge in [-0.2, -0.15) is 0 Å². The van der Waals surface area contributed by atoms with Gasteiger partial charge in [0.15, 0.2) is 5.11 Å². The van der Waals surface area contributed by atoms with Crippen molar-refractivity contribution in [3.05, 3.63) is 108 Å². The number of benzene rings is 2. The zero-order valence-corrected chi connectivity index (χ0v) is 18.0. The van der Waals surface area contributed by atoms with E-state index < -0.39 is 12.0 Å². The molecule has 33 heavy (non-hydrogen) atoms. The Morgan fingerprint density at radius 3 is 2.52 bits per heavy atom. The number of halogens is 1. The van der Waals surface area contributed by atoms with Crippen molar-refractivity contribution in [3.63, 3.8) is 0 Å². The monoisotopic (exact) mass is 459 g/mol. The van der Waals surface area contributed by atoms with Gasteiger partial charge >= 0.3 is 5.97 Å². The summed E-state index contributed by atoms with van der Waals surface area (Å²) in [5.74, 6) is -0.385. The van der Waals surface area contributed by atoms with Crippen LogP contribution >= 0.6 is 12.2 Å². The van der Waals surface area contributed by atoms with E-state index in [1.807, 2.05) is 23.1 Å². The number of carboxylic acids is 1. The number of hydrogen-bond acceptors (Lipinski definition) is 4. The Balaban J connectivity index is 1.61. The Bertz CT molecular complexity index is 1320. The van der Waals surface area contributed by atoms with Gasteiger partial charge in [-0.1, -0.05) is 24.3 Å². The molecule has 0 unspecified atom stereocenters. The first kappa shape index (κ1) is 20.8. The number of aromatic nitrogens is 1. The highest BCUT2D eigenvalue weighted by atomic mass is 32.1. The van der Waals surface area contributed by atoms with Gasteiger partial charge in [0.2, 0.25) is 0 Å². The summed E-state index contributed by atoms with van der Waals surface area (Å²) in [7, 11) is 0. The number of pyridine rings is 1. The third-order valence-corrected chi connectivity index (χ3v) is 5.86. The molecule has 6 nitrogen and oxygen atoms in total. The highest BCUT2D eigenvalue weighted by Crippen LogP contribution is 2.43. The van der Waals surface area contributed by atoms with Crippen molar-refractivity contribution in [2.45, 2.75) is 12.1 Å². The molecule has 0 amide bonds. The molecule has 0 radical (unpaired) electrons. The molecule has 2 aromatic heterocycles. The summed E-state index contributed by atoms with van der Waals surface area (Å²) in [6.07, 6.45) is 1.70. The smallest absolute Gasteiger partial charge is 0.336 e. The van der Waals surface area contributed by atoms with Gasteiger partial charge in [0.05, 0.1) is 17.3 Å². The van der Waals surface area contributed by atoms with Crippen LogP contribution in [0, 0.1) is 5.82 Å². The van der Waals surface area contributed by atoms with Crippen molar-refractivity contribution in [2.75, 3.05) is 4.90 Å². The first-order chi connectivity index (χ1) is 16.0. The lowest BCUT2D eigenvalue weighted by Gasteiger charge is -2.26. The Hall–Kier alpha value is -4.04. The van der Waals surface area contributed by atoms with Gasteiger partial charge in [-0.25, -0.2) is 9.18 Å². The zero-order chi connectivity index (χ0) is 22.9. The molecule has 8 heteroatoms. The normalized spacial score (nSPS) is 17.7. The number of aromatic carboxylic acids is 1. The standard InChI is InChI=1S/C25H18FN3O3S/c26-15-8-10-16(11-9-15)29-23(22(28-25(29)33)19-7-3-4-14-27-19)21-13-12-20(32-21)17-5-1-2-6-18(17)24(30)31/h1-14,22-23H,(H,28,33)(H,30,31)/t22-,23-/m1/s1. The second kappa shape index (κ2) is 8.48. The molecule has 1 aliphatic heterocycles. The molecule has 5 rings (SSSR count). The molecule has 0 aliphatic carbocycles. The van der Waals surface area contributed by atoms with Gasteiger partial charge in [-0.15, -0.1) is 0 Å². The van der Waals surface area contributed by atoms with Crippen molar-refractivity contribution < 1.29 is 18.7 Å². The number of hydrogen-bond donors (Lipinski definition) is 2. The molecular weight excluding hydrogens is 441 g/mol. The van der Waals surface area contributed by atoms with Crippen LogP contribution in [0.2, 0.25) is 0 Å². The van der Waals surface area contributed by atoms with E-state index in [0.717, 1.165) is 5.69 Å². The minimum Gasteiger partial charge on any atom is -0.478 e. The summed E-state index contributed by atoms with van der Waals surface area (Å²) in [5.41, 5.74) is 2.09. The number of carboxylic acid groups (broad SMARTS) is 1. The van der Waals surface area contributed by atoms with E-state index in [0.29, 0.717) is 27.9 Å². The predicted octanol–water partition coefficient (Wildman–Crippen LogP) is 5.36. The highest BCUT2D eigenvalue weighted by Gasteiger charge is 2.42. The zero-order valence-electron chi connectivity index (χ0n) is 17.2. The second-order valence-corrected chi connectivity index (χ2v) is 7.91. The maximum Gasteiger partial charge on any atom is 0.336 e. The Morgan fingerprint density at radius 2 is 1.79 bits per heavy atom. The van der Waals surface area contributed by atoms with E-state index in [1.165, 1.54) is 18.2 Å². The van der Waals surface area contributed by atoms with Crippen LogP contribution in [0.3, 0.4) is 0 Å². The van der Waals surface area contributed by atoms with Gasteiger partial charge in [0.25, 0.3) is 0 Å². The van der Waals surface area contributed by atoms with Crippen LogP contribution in [0.5, 0.6) is 0 Å². The summed E-state index contributed by atoms with van der Waals surface area (Å²) in [6.45, 7) is 0. The summed E-state index contributed by atoms with van der Waals surface area (Å²) in [5, 5.41) is 13.3. The number of rotatable bonds is 5. The van der Waals surface area contributed by atoms with Crippen molar-refractivity contribution in [2.24, 2.45) is 0 Å². The Morgan fingerprint density at radius 1 is 1.03 bits per heavy atom. The third kappa shape index (κ3) is 3.85. The highest BCUT2D eigenvalue weighted by molar-refractivity contribution is 7.80. The molecule has 1 fully saturated rings. The van der Waals surface area contributed by atoms with Gasteiger partial charge in [0.1, 0.15) is 23.4 Å². The first-order valence-electron chi connectivity index (χ1n) is 10.2. The minimum absolute atomic E-state index is 0.148. The molecule has 3 heterocycles. The van der Waals surface area contributed by atoms with Crippen molar-refractivity contribution in [1.82, 2.24) is 10.3 Å². The van der Waals surface area contributed by atoms with Crippen LogP contribution < -0.4 is 10.2 Å². The fraction of sp³-hybridized carbons (Fsp3) is 0.0800. The molecule has 1 aliphatic rings. The first-order valence-corrected chi connectivity index (χ1v) is 10.6. The van der Waals surface area contributed by atoms with E-state index in [9.17, 15) is 14.3 Å². The van der Waals surface area contributed by atoms with Crippen LogP contribution in [0.25, 0.3) is 11.3 Å². The van der Waals surface area contributed by atoms with Crippen molar-refractivity contribution in [3.8, 4) is 11.3 Å². The van der Waals surface area contributed by atoms with E-state index in [1.54, 1.807) is 48.7 Å². The number of nitrogens with zero attached hydrogens (tertiary/aromatic N) is 2. The summed E-state index contributed by atoms with van der Waals surface area (Å²) in [6, 6.07) is 21.1. The van der Waals surface area contributed by atoms with E-state index in [-0.39, 0.29) is 17.4 Å². The predicted molar refractivity (Wildman–Crippen MR) is 125 cm³/mol. The average molecular weight is 460 g/mol. The summed E-state index contributed by atoms with van der Waals surface area (Å²) in [4.78, 5) is 18.0. The van der Waals surface area contributed by atoms with Crippen LogP contribution in [0.4, 0.5) is 10.1 Å². The van der Waals surface area contributed by atoms with E-state index in [4.69, 9.17) is 16.6 Å².